The minimum atomic E-state index is -3.43. The van der Waals surface area contributed by atoms with E-state index in [4.69, 9.17) is 0 Å². The Morgan fingerprint density at radius 1 is 1.24 bits per heavy atom. The van der Waals surface area contributed by atoms with E-state index in [-0.39, 0.29) is 6.04 Å². The SMILES string of the molecule is CC1CCCC(NS(=O)(=O)c2ccc3c(c2)NCC3)C1C. The molecule has 3 atom stereocenters. The predicted molar refractivity (Wildman–Crippen MR) is 84.9 cm³/mol. The lowest BCUT2D eigenvalue weighted by molar-refractivity contribution is 0.227. The van der Waals surface area contributed by atoms with Gasteiger partial charge in [0.15, 0.2) is 0 Å². The van der Waals surface area contributed by atoms with Gasteiger partial charge in [0.25, 0.3) is 0 Å². The van der Waals surface area contributed by atoms with Crippen molar-refractivity contribution < 1.29 is 8.42 Å². The summed E-state index contributed by atoms with van der Waals surface area (Å²) >= 11 is 0. The van der Waals surface area contributed by atoms with Gasteiger partial charge in [-0.3, -0.25) is 0 Å². The van der Waals surface area contributed by atoms with Crippen LogP contribution in [0.25, 0.3) is 0 Å². The maximum absolute atomic E-state index is 12.6. The van der Waals surface area contributed by atoms with Crippen LogP contribution < -0.4 is 10.0 Å². The van der Waals surface area contributed by atoms with Crippen molar-refractivity contribution in [1.82, 2.24) is 4.72 Å². The molecule has 2 aliphatic rings. The summed E-state index contributed by atoms with van der Waals surface area (Å²) in [6.07, 6.45) is 4.21. The number of nitrogens with one attached hydrogen (secondary N) is 2. The zero-order valence-corrected chi connectivity index (χ0v) is 13.5. The van der Waals surface area contributed by atoms with Crippen molar-refractivity contribution in [3.8, 4) is 0 Å². The molecule has 0 amide bonds. The molecule has 1 aromatic carbocycles. The fourth-order valence-electron chi connectivity index (χ4n) is 3.45. The third-order valence-electron chi connectivity index (χ3n) is 5.11. The van der Waals surface area contributed by atoms with E-state index in [1.807, 2.05) is 6.07 Å². The molecule has 3 rings (SSSR count). The van der Waals surface area contributed by atoms with E-state index in [0.717, 1.165) is 31.5 Å². The van der Waals surface area contributed by atoms with Gasteiger partial charge in [-0.05, 0) is 42.4 Å². The molecule has 1 aromatic rings. The second kappa shape index (κ2) is 5.61. The maximum Gasteiger partial charge on any atom is 0.240 e. The lowest BCUT2D eigenvalue weighted by Gasteiger charge is -2.34. The van der Waals surface area contributed by atoms with Crippen molar-refractivity contribution in [2.24, 2.45) is 11.8 Å². The van der Waals surface area contributed by atoms with E-state index >= 15 is 0 Å². The number of rotatable bonds is 3. The van der Waals surface area contributed by atoms with Crippen molar-refractivity contribution in [3.63, 3.8) is 0 Å². The summed E-state index contributed by atoms with van der Waals surface area (Å²) < 4.78 is 28.2. The van der Waals surface area contributed by atoms with E-state index in [1.54, 1.807) is 12.1 Å². The van der Waals surface area contributed by atoms with E-state index in [1.165, 1.54) is 12.0 Å². The van der Waals surface area contributed by atoms with Gasteiger partial charge in [-0.25, -0.2) is 13.1 Å². The van der Waals surface area contributed by atoms with E-state index in [2.05, 4.69) is 23.9 Å². The van der Waals surface area contributed by atoms with Crippen LogP contribution in [0.15, 0.2) is 23.1 Å². The van der Waals surface area contributed by atoms with Gasteiger partial charge in [0.2, 0.25) is 10.0 Å². The Morgan fingerprint density at radius 2 is 2.05 bits per heavy atom. The first-order valence-electron chi connectivity index (χ1n) is 7.86. The predicted octanol–water partition coefficient (Wildman–Crippen LogP) is 2.76. The Kier molecular flexibility index (Phi) is 3.97. The molecule has 0 bridgehead atoms. The lowest BCUT2D eigenvalue weighted by atomic mass is 9.78. The van der Waals surface area contributed by atoms with Crippen LogP contribution in [0.3, 0.4) is 0 Å². The van der Waals surface area contributed by atoms with Crippen LogP contribution in [-0.2, 0) is 16.4 Å². The number of fused-ring (bicyclic) bond motifs is 1. The molecule has 0 aromatic heterocycles. The first-order chi connectivity index (χ1) is 9.97. The van der Waals surface area contributed by atoms with Gasteiger partial charge in [0.05, 0.1) is 4.90 Å². The molecule has 1 heterocycles. The Balaban J connectivity index is 1.80. The summed E-state index contributed by atoms with van der Waals surface area (Å²) in [5.41, 5.74) is 2.16. The van der Waals surface area contributed by atoms with Crippen LogP contribution >= 0.6 is 0 Å². The molecule has 1 saturated carbocycles. The van der Waals surface area contributed by atoms with Crippen LogP contribution in [0.1, 0.15) is 38.7 Å². The van der Waals surface area contributed by atoms with Gasteiger partial charge in [0.1, 0.15) is 0 Å². The molecule has 21 heavy (non-hydrogen) atoms. The number of hydrogen-bond acceptors (Lipinski definition) is 3. The summed E-state index contributed by atoms with van der Waals surface area (Å²) in [5.74, 6) is 0.967. The molecule has 5 heteroatoms. The second-order valence-corrected chi connectivity index (χ2v) is 8.20. The minimum Gasteiger partial charge on any atom is -0.384 e. The Bertz CT molecular complexity index is 627. The van der Waals surface area contributed by atoms with E-state index in [0.29, 0.717) is 16.7 Å². The van der Waals surface area contributed by atoms with Gasteiger partial charge in [-0.1, -0.05) is 32.8 Å². The molecule has 0 radical (unpaired) electrons. The zero-order chi connectivity index (χ0) is 15.0. The lowest BCUT2D eigenvalue weighted by Crippen LogP contribution is -2.43. The van der Waals surface area contributed by atoms with Crippen molar-refractivity contribution >= 4 is 15.7 Å². The molecule has 0 spiro atoms. The Hall–Kier alpha value is -1.07. The standard InChI is InChI=1S/C16H24N2O2S/c1-11-4-3-5-15(12(11)2)18-21(19,20)14-7-6-13-8-9-17-16(13)10-14/h6-7,10-12,15,17-18H,3-5,8-9H2,1-2H3. The van der Waals surface area contributed by atoms with E-state index < -0.39 is 10.0 Å². The fourth-order valence-corrected chi connectivity index (χ4v) is 4.84. The highest BCUT2D eigenvalue weighted by Gasteiger charge is 2.31. The van der Waals surface area contributed by atoms with Crippen LogP contribution in [0, 0.1) is 11.8 Å². The normalized spacial score (nSPS) is 29.0. The summed E-state index contributed by atoms with van der Waals surface area (Å²) in [4.78, 5) is 0.376. The molecule has 0 saturated heterocycles. The number of hydrogen-bond donors (Lipinski definition) is 2. The van der Waals surface area contributed by atoms with Crippen molar-refractivity contribution in [1.29, 1.82) is 0 Å². The molecule has 1 fully saturated rings. The summed E-state index contributed by atoms with van der Waals surface area (Å²) in [7, 11) is -3.43. The van der Waals surface area contributed by atoms with Gasteiger partial charge in [-0.2, -0.15) is 0 Å². The molecule has 1 aliphatic carbocycles. The van der Waals surface area contributed by atoms with E-state index in [9.17, 15) is 8.42 Å². The molecule has 1 aliphatic heterocycles. The highest BCUT2D eigenvalue weighted by molar-refractivity contribution is 7.89. The second-order valence-electron chi connectivity index (χ2n) is 6.49. The van der Waals surface area contributed by atoms with Crippen LogP contribution in [0.5, 0.6) is 0 Å². The van der Waals surface area contributed by atoms with Crippen molar-refractivity contribution in [2.45, 2.75) is 50.5 Å². The van der Waals surface area contributed by atoms with Crippen LogP contribution in [0.4, 0.5) is 5.69 Å². The fraction of sp³-hybridized carbons (Fsp3) is 0.625. The average Bonchev–Trinajstić information content (AvgIpc) is 2.91. The largest absolute Gasteiger partial charge is 0.384 e. The molecular weight excluding hydrogens is 284 g/mol. The van der Waals surface area contributed by atoms with Gasteiger partial charge >= 0.3 is 0 Å². The molecule has 2 N–H and O–H groups in total. The number of sulfonamides is 1. The summed E-state index contributed by atoms with van der Waals surface area (Å²) in [6.45, 7) is 5.26. The minimum absolute atomic E-state index is 0.0555. The molecule has 4 nitrogen and oxygen atoms in total. The topological polar surface area (TPSA) is 58.2 Å². The summed E-state index contributed by atoms with van der Waals surface area (Å²) in [6, 6.07) is 5.48. The third kappa shape index (κ3) is 2.94. The quantitative estimate of drug-likeness (QED) is 0.902. The Labute approximate surface area is 127 Å². The highest BCUT2D eigenvalue weighted by atomic mass is 32.2. The van der Waals surface area contributed by atoms with Crippen LogP contribution in [-0.4, -0.2) is 21.0 Å². The monoisotopic (exact) mass is 308 g/mol. The first-order valence-corrected chi connectivity index (χ1v) is 9.35. The number of anilines is 1. The van der Waals surface area contributed by atoms with Gasteiger partial charge < -0.3 is 5.32 Å². The van der Waals surface area contributed by atoms with Crippen LogP contribution in [0.2, 0.25) is 0 Å². The summed E-state index contributed by atoms with van der Waals surface area (Å²) in [5, 5.41) is 3.24. The Morgan fingerprint density at radius 3 is 2.86 bits per heavy atom. The number of benzene rings is 1. The first kappa shape index (κ1) is 14.9. The smallest absolute Gasteiger partial charge is 0.240 e. The molecular formula is C16H24N2O2S. The van der Waals surface area contributed by atoms with Gasteiger partial charge in [0, 0.05) is 18.3 Å². The average molecular weight is 308 g/mol. The van der Waals surface area contributed by atoms with Crippen molar-refractivity contribution in [3.05, 3.63) is 23.8 Å². The molecule has 116 valence electrons. The van der Waals surface area contributed by atoms with Crippen molar-refractivity contribution in [2.75, 3.05) is 11.9 Å². The third-order valence-corrected chi connectivity index (χ3v) is 6.60. The highest BCUT2D eigenvalue weighted by Crippen LogP contribution is 2.31. The zero-order valence-electron chi connectivity index (χ0n) is 12.7. The maximum atomic E-state index is 12.6. The van der Waals surface area contributed by atoms with Gasteiger partial charge in [-0.15, -0.1) is 0 Å². The molecule has 3 unspecified atom stereocenters.